The van der Waals surface area contributed by atoms with E-state index in [1.54, 1.807) is 19.1 Å². The number of carbonyl (C=O) groups excluding carboxylic acids is 1. The molecule has 19 heavy (non-hydrogen) atoms. The third kappa shape index (κ3) is 4.33. The van der Waals surface area contributed by atoms with Crippen molar-refractivity contribution in [3.63, 3.8) is 0 Å². The predicted octanol–water partition coefficient (Wildman–Crippen LogP) is 1.41. The zero-order valence-electron chi connectivity index (χ0n) is 11.0. The summed E-state index contributed by atoms with van der Waals surface area (Å²) in [4.78, 5) is 22.0. The maximum atomic E-state index is 11.8. The third-order valence-electron chi connectivity index (χ3n) is 3.06. The van der Waals surface area contributed by atoms with Crippen molar-refractivity contribution in [3.05, 3.63) is 39.9 Å². The molecule has 1 atom stereocenters. The Labute approximate surface area is 111 Å². The zero-order valence-corrected chi connectivity index (χ0v) is 11.0. The van der Waals surface area contributed by atoms with E-state index in [9.17, 15) is 20.0 Å². The number of nitro groups is 1. The number of hydrogen-bond acceptors (Lipinski definition) is 4. The molecule has 0 saturated carbocycles. The highest BCUT2D eigenvalue weighted by Gasteiger charge is 2.23. The second kappa shape index (κ2) is 6.29. The first-order chi connectivity index (χ1) is 8.90. The van der Waals surface area contributed by atoms with Crippen molar-refractivity contribution in [2.45, 2.75) is 32.2 Å². The number of hydrogen-bond donors (Lipinski definition) is 2. The molecule has 0 heterocycles. The number of non-ortho nitro benzene ring substituents is 1. The van der Waals surface area contributed by atoms with Gasteiger partial charge >= 0.3 is 0 Å². The van der Waals surface area contributed by atoms with Crippen molar-refractivity contribution in [1.29, 1.82) is 0 Å². The lowest BCUT2D eigenvalue weighted by Crippen LogP contribution is -2.48. The molecule has 1 rings (SSSR count). The fraction of sp³-hybridized carbons (Fsp3) is 0.462. The number of nitro benzene ring substituents is 1. The van der Waals surface area contributed by atoms with Crippen LogP contribution in [0.5, 0.6) is 0 Å². The van der Waals surface area contributed by atoms with Gasteiger partial charge in [0.05, 0.1) is 23.5 Å². The Kier molecular flexibility index (Phi) is 5.00. The standard InChI is InChI=1S/C13H18N2O4/c1-3-13(2,9-16)14-12(17)8-10-5-4-6-11(7-10)15(18)19/h4-7,16H,3,8-9H2,1-2H3,(H,14,17). The topological polar surface area (TPSA) is 92.5 Å². The molecule has 0 bridgehead atoms. The van der Waals surface area contributed by atoms with Crippen molar-refractivity contribution in [3.8, 4) is 0 Å². The average Bonchev–Trinajstić information content (AvgIpc) is 2.38. The van der Waals surface area contributed by atoms with Gasteiger partial charge in [0.15, 0.2) is 0 Å². The normalized spacial score (nSPS) is 13.6. The van der Waals surface area contributed by atoms with Gasteiger partial charge in [0.25, 0.3) is 5.69 Å². The van der Waals surface area contributed by atoms with Crippen LogP contribution in [-0.4, -0.2) is 28.1 Å². The van der Waals surface area contributed by atoms with Crippen LogP contribution in [0, 0.1) is 10.1 Å². The Balaban J connectivity index is 2.72. The molecule has 1 amide bonds. The summed E-state index contributed by atoms with van der Waals surface area (Å²) in [5.74, 6) is -0.265. The van der Waals surface area contributed by atoms with Crippen LogP contribution in [0.3, 0.4) is 0 Å². The molecular weight excluding hydrogens is 248 g/mol. The number of nitrogens with zero attached hydrogens (tertiary/aromatic N) is 1. The number of amides is 1. The molecule has 1 unspecified atom stereocenters. The molecule has 1 aromatic rings. The van der Waals surface area contributed by atoms with Gasteiger partial charge in [0.1, 0.15) is 0 Å². The molecule has 0 aliphatic carbocycles. The van der Waals surface area contributed by atoms with Crippen LogP contribution in [0.1, 0.15) is 25.8 Å². The number of carbonyl (C=O) groups is 1. The van der Waals surface area contributed by atoms with Crippen LogP contribution in [0.15, 0.2) is 24.3 Å². The minimum absolute atomic E-state index is 0.0364. The third-order valence-corrected chi connectivity index (χ3v) is 3.06. The van der Waals surface area contributed by atoms with Crippen LogP contribution in [0.25, 0.3) is 0 Å². The SMILES string of the molecule is CCC(C)(CO)NC(=O)Cc1cccc([N+](=O)[O-])c1. The van der Waals surface area contributed by atoms with Gasteiger partial charge in [-0.15, -0.1) is 0 Å². The van der Waals surface area contributed by atoms with E-state index in [0.29, 0.717) is 12.0 Å². The molecule has 0 aliphatic rings. The second-order valence-electron chi connectivity index (χ2n) is 4.72. The van der Waals surface area contributed by atoms with E-state index in [1.165, 1.54) is 12.1 Å². The molecule has 2 N–H and O–H groups in total. The lowest BCUT2D eigenvalue weighted by Gasteiger charge is -2.27. The van der Waals surface area contributed by atoms with Crippen LogP contribution in [0.4, 0.5) is 5.69 Å². The molecule has 6 nitrogen and oxygen atoms in total. The number of aliphatic hydroxyl groups excluding tert-OH is 1. The first kappa shape index (κ1) is 15.1. The van der Waals surface area contributed by atoms with E-state index in [-0.39, 0.29) is 24.6 Å². The highest BCUT2D eigenvalue weighted by atomic mass is 16.6. The van der Waals surface area contributed by atoms with Gasteiger partial charge in [0.2, 0.25) is 5.91 Å². The van der Waals surface area contributed by atoms with E-state index in [1.807, 2.05) is 6.92 Å². The molecule has 0 aromatic heterocycles. The van der Waals surface area contributed by atoms with Gasteiger partial charge in [0, 0.05) is 12.1 Å². The van der Waals surface area contributed by atoms with Crippen LogP contribution in [0.2, 0.25) is 0 Å². The molecule has 0 spiro atoms. The van der Waals surface area contributed by atoms with Gasteiger partial charge in [-0.05, 0) is 18.9 Å². The summed E-state index contributed by atoms with van der Waals surface area (Å²) < 4.78 is 0. The minimum atomic E-state index is -0.655. The molecule has 0 aliphatic heterocycles. The predicted molar refractivity (Wildman–Crippen MR) is 70.7 cm³/mol. The maximum absolute atomic E-state index is 11.8. The quantitative estimate of drug-likeness (QED) is 0.601. The summed E-state index contributed by atoms with van der Waals surface area (Å²) in [6.45, 7) is 3.46. The average molecular weight is 266 g/mol. The van der Waals surface area contributed by atoms with Gasteiger partial charge in [-0.2, -0.15) is 0 Å². The molecule has 0 saturated heterocycles. The Morgan fingerprint density at radius 2 is 2.21 bits per heavy atom. The minimum Gasteiger partial charge on any atom is -0.394 e. The van der Waals surface area contributed by atoms with E-state index in [4.69, 9.17) is 0 Å². The number of aliphatic hydroxyl groups is 1. The van der Waals surface area contributed by atoms with Crippen LogP contribution < -0.4 is 5.32 Å². The van der Waals surface area contributed by atoms with E-state index < -0.39 is 10.5 Å². The molecule has 6 heteroatoms. The number of nitrogens with one attached hydrogen (secondary N) is 1. The van der Waals surface area contributed by atoms with E-state index >= 15 is 0 Å². The highest BCUT2D eigenvalue weighted by molar-refractivity contribution is 5.79. The van der Waals surface area contributed by atoms with Crippen molar-refractivity contribution in [2.75, 3.05) is 6.61 Å². The lowest BCUT2D eigenvalue weighted by atomic mass is 9.99. The van der Waals surface area contributed by atoms with Crippen molar-refractivity contribution in [1.82, 2.24) is 5.32 Å². The Morgan fingerprint density at radius 3 is 2.74 bits per heavy atom. The Bertz CT molecular complexity index is 469. The Hall–Kier alpha value is -1.95. The highest BCUT2D eigenvalue weighted by Crippen LogP contribution is 2.14. The maximum Gasteiger partial charge on any atom is 0.269 e. The fourth-order valence-electron chi connectivity index (χ4n) is 1.59. The first-order valence-electron chi connectivity index (χ1n) is 6.05. The van der Waals surface area contributed by atoms with E-state index in [0.717, 1.165) is 0 Å². The first-order valence-corrected chi connectivity index (χ1v) is 6.05. The van der Waals surface area contributed by atoms with Crippen LogP contribution >= 0.6 is 0 Å². The summed E-state index contributed by atoms with van der Waals surface area (Å²) in [6, 6.07) is 5.97. The largest absolute Gasteiger partial charge is 0.394 e. The van der Waals surface area contributed by atoms with Gasteiger partial charge in [-0.3, -0.25) is 14.9 Å². The zero-order chi connectivity index (χ0) is 14.5. The second-order valence-corrected chi connectivity index (χ2v) is 4.72. The lowest BCUT2D eigenvalue weighted by molar-refractivity contribution is -0.384. The summed E-state index contributed by atoms with van der Waals surface area (Å²) in [7, 11) is 0. The van der Waals surface area contributed by atoms with Crippen molar-refractivity contribution < 1.29 is 14.8 Å². The number of benzene rings is 1. The summed E-state index contributed by atoms with van der Waals surface area (Å²) in [5.41, 5.74) is -0.119. The monoisotopic (exact) mass is 266 g/mol. The Morgan fingerprint density at radius 1 is 1.53 bits per heavy atom. The molecular formula is C13H18N2O4. The summed E-state index contributed by atoms with van der Waals surface area (Å²) in [6.07, 6.45) is 0.654. The van der Waals surface area contributed by atoms with Crippen molar-refractivity contribution in [2.24, 2.45) is 0 Å². The van der Waals surface area contributed by atoms with E-state index in [2.05, 4.69) is 5.32 Å². The molecule has 0 fully saturated rings. The van der Waals surface area contributed by atoms with Gasteiger partial charge in [-0.25, -0.2) is 0 Å². The molecule has 0 radical (unpaired) electrons. The molecule has 104 valence electrons. The summed E-state index contributed by atoms with van der Waals surface area (Å²) in [5, 5.41) is 22.6. The van der Waals surface area contributed by atoms with Gasteiger partial charge in [-0.1, -0.05) is 19.1 Å². The van der Waals surface area contributed by atoms with Crippen molar-refractivity contribution >= 4 is 11.6 Å². The molecule has 1 aromatic carbocycles. The van der Waals surface area contributed by atoms with Gasteiger partial charge < -0.3 is 10.4 Å². The number of rotatable bonds is 6. The summed E-state index contributed by atoms with van der Waals surface area (Å²) >= 11 is 0. The smallest absolute Gasteiger partial charge is 0.269 e. The van der Waals surface area contributed by atoms with Crippen LogP contribution in [-0.2, 0) is 11.2 Å². The fourth-order valence-corrected chi connectivity index (χ4v) is 1.59.